The number of carbonyl (C=O) groups excluding carboxylic acids is 3. The van der Waals surface area contributed by atoms with Gasteiger partial charge in [-0.3, -0.25) is 14.5 Å². The summed E-state index contributed by atoms with van der Waals surface area (Å²) in [5, 5.41) is 0. The number of piperidine rings is 1. The van der Waals surface area contributed by atoms with Crippen LogP contribution in [0.15, 0.2) is 0 Å². The smallest absolute Gasteiger partial charge is 0.327 e. The SMILES string of the molecule is CC12CCCN1C(=O)N(C1CCN(C(=O)C3CCCCC3)CC1)C2=O. The molecule has 4 amide bonds. The van der Waals surface area contributed by atoms with Gasteiger partial charge in [0.25, 0.3) is 5.91 Å². The third-order valence-electron chi connectivity index (χ3n) is 6.85. The van der Waals surface area contributed by atoms with E-state index in [1.54, 1.807) is 4.90 Å². The summed E-state index contributed by atoms with van der Waals surface area (Å²) in [7, 11) is 0. The molecule has 0 aromatic carbocycles. The lowest BCUT2D eigenvalue weighted by Gasteiger charge is -2.37. The molecule has 0 radical (unpaired) electrons. The van der Waals surface area contributed by atoms with Crippen LogP contribution < -0.4 is 0 Å². The van der Waals surface area contributed by atoms with Gasteiger partial charge in [0, 0.05) is 31.6 Å². The highest BCUT2D eigenvalue weighted by Crippen LogP contribution is 2.39. The van der Waals surface area contributed by atoms with E-state index in [0.29, 0.717) is 25.5 Å². The maximum atomic E-state index is 12.9. The topological polar surface area (TPSA) is 60.9 Å². The first kappa shape index (κ1) is 16.9. The van der Waals surface area contributed by atoms with Gasteiger partial charge in [-0.25, -0.2) is 4.79 Å². The molecule has 25 heavy (non-hydrogen) atoms. The molecular weight excluding hydrogens is 318 g/mol. The Morgan fingerprint density at radius 3 is 2.28 bits per heavy atom. The van der Waals surface area contributed by atoms with E-state index in [1.807, 2.05) is 11.8 Å². The Labute approximate surface area is 149 Å². The molecular formula is C19H29N3O3. The summed E-state index contributed by atoms with van der Waals surface area (Å²) in [6.07, 6.45) is 8.75. The van der Waals surface area contributed by atoms with Crippen LogP contribution >= 0.6 is 0 Å². The van der Waals surface area contributed by atoms with Crippen LogP contribution in [0.1, 0.15) is 64.7 Å². The highest BCUT2D eigenvalue weighted by atomic mass is 16.2. The van der Waals surface area contributed by atoms with E-state index in [0.717, 1.165) is 51.4 Å². The van der Waals surface area contributed by atoms with Gasteiger partial charge in [-0.2, -0.15) is 0 Å². The zero-order valence-electron chi connectivity index (χ0n) is 15.2. The van der Waals surface area contributed by atoms with E-state index >= 15 is 0 Å². The predicted molar refractivity (Wildman–Crippen MR) is 92.8 cm³/mol. The van der Waals surface area contributed by atoms with Crippen molar-refractivity contribution in [2.24, 2.45) is 5.92 Å². The number of amides is 4. The van der Waals surface area contributed by atoms with Crippen LogP contribution in [-0.4, -0.2) is 63.8 Å². The molecule has 0 aromatic rings. The van der Waals surface area contributed by atoms with Gasteiger partial charge in [-0.15, -0.1) is 0 Å². The lowest BCUT2D eigenvalue weighted by molar-refractivity contribution is -0.139. The fourth-order valence-electron chi connectivity index (χ4n) is 5.24. The molecule has 0 aromatic heterocycles. The molecule has 0 bridgehead atoms. The van der Waals surface area contributed by atoms with Crippen LogP contribution in [0.2, 0.25) is 0 Å². The van der Waals surface area contributed by atoms with Gasteiger partial charge >= 0.3 is 6.03 Å². The first-order valence-corrected chi connectivity index (χ1v) is 9.96. The second kappa shape index (κ2) is 6.29. The fourth-order valence-corrected chi connectivity index (χ4v) is 5.24. The van der Waals surface area contributed by atoms with Gasteiger partial charge < -0.3 is 9.80 Å². The molecule has 1 unspecified atom stereocenters. The van der Waals surface area contributed by atoms with Crippen molar-refractivity contribution in [3.8, 4) is 0 Å². The van der Waals surface area contributed by atoms with E-state index in [-0.39, 0.29) is 23.9 Å². The number of fused-ring (bicyclic) bond motifs is 1. The molecule has 1 atom stereocenters. The number of hydrogen-bond acceptors (Lipinski definition) is 3. The Morgan fingerprint density at radius 1 is 0.960 bits per heavy atom. The van der Waals surface area contributed by atoms with Crippen molar-refractivity contribution in [3.63, 3.8) is 0 Å². The van der Waals surface area contributed by atoms with Crippen LogP contribution in [0.4, 0.5) is 4.79 Å². The van der Waals surface area contributed by atoms with Gasteiger partial charge in [0.05, 0.1) is 0 Å². The molecule has 3 saturated heterocycles. The number of nitrogens with zero attached hydrogens (tertiary/aromatic N) is 3. The summed E-state index contributed by atoms with van der Waals surface area (Å²) < 4.78 is 0. The van der Waals surface area contributed by atoms with Crippen molar-refractivity contribution >= 4 is 17.8 Å². The molecule has 4 fully saturated rings. The number of likely N-dealkylation sites (tertiary alicyclic amines) is 1. The fraction of sp³-hybridized carbons (Fsp3) is 0.842. The summed E-state index contributed by atoms with van der Waals surface area (Å²) in [5.41, 5.74) is -0.619. The van der Waals surface area contributed by atoms with E-state index in [4.69, 9.17) is 0 Å². The summed E-state index contributed by atoms with van der Waals surface area (Å²) in [6, 6.07) is -0.153. The molecule has 0 spiro atoms. The maximum absolute atomic E-state index is 12.9. The van der Waals surface area contributed by atoms with Gasteiger partial charge in [0.1, 0.15) is 5.54 Å². The zero-order chi connectivity index (χ0) is 17.6. The molecule has 1 saturated carbocycles. The highest BCUT2D eigenvalue weighted by Gasteiger charge is 2.58. The molecule has 1 aliphatic carbocycles. The Bertz CT molecular complexity index is 578. The summed E-state index contributed by atoms with van der Waals surface area (Å²) >= 11 is 0. The molecule has 138 valence electrons. The third kappa shape index (κ3) is 2.64. The first-order chi connectivity index (χ1) is 12.0. The van der Waals surface area contributed by atoms with Crippen LogP contribution in [0.5, 0.6) is 0 Å². The van der Waals surface area contributed by atoms with Crippen molar-refractivity contribution in [2.45, 2.75) is 76.3 Å². The van der Waals surface area contributed by atoms with Crippen molar-refractivity contribution < 1.29 is 14.4 Å². The number of urea groups is 1. The van der Waals surface area contributed by atoms with Crippen molar-refractivity contribution in [1.82, 2.24) is 14.7 Å². The van der Waals surface area contributed by atoms with E-state index < -0.39 is 5.54 Å². The number of hydrogen-bond donors (Lipinski definition) is 0. The van der Waals surface area contributed by atoms with Gasteiger partial charge in [0.2, 0.25) is 5.91 Å². The van der Waals surface area contributed by atoms with Gasteiger partial charge in [0.15, 0.2) is 0 Å². The molecule has 3 aliphatic heterocycles. The third-order valence-corrected chi connectivity index (χ3v) is 6.85. The molecule has 4 aliphatic rings. The number of rotatable bonds is 2. The summed E-state index contributed by atoms with van der Waals surface area (Å²) in [5.74, 6) is 0.474. The van der Waals surface area contributed by atoms with Gasteiger partial charge in [-0.05, 0) is 45.4 Å². The molecule has 6 nitrogen and oxygen atoms in total. The van der Waals surface area contributed by atoms with Crippen LogP contribution in [-0.2, 0) is 9.59 Å². The minimum atomic E-state index is -0.619. The average molecular weight is 347 g/mol. The minimum Gasteiger partial charge on any atom is -0.342 e. The second-order valence-electron chi connectivity index (χ2n) is 8.38. The second-order valence-corrected chi connectivity index (χ2v) is 8.38. The minimum absolute atomic E-state index is 0.0212. The average Bonchev–Trinajstić information content (AvgIpc) is 3.12. The molecule has 3 heterocycles. The molecule has 6 heteroatoms. The summed E-state index contributed by atoms with van der Waals surface area (Å²) in [6.45, 7) is 3.94. The highest BCUT2D eigenvalue weighted by molar-refractivity contribution is 6.07. The Balaban J connectivity index is 1.38. The van der Waals surface area contributed by atoms with E-state index in [9.17, 15) is 14.4 Å². The normalized spacial score (nSPS) is 31.8. The Hall–Kier alpha value is -1.59. The van der Waals surface area contributed by atoms with Crippen LogP contribution in [0.25, 0.3) is 0 Å². The predicted octanol–water partition coefficient (Wildman–Crippen LogP) is 2.37. The summed E-state index contributed by atoms with van der Waals surface area (Å²) in [4.78, 5) is 43.5. The Morgan fingerprint density at radius 2 is 1.64 bits per heavy atom. The van der Waals surface area contributed by atoms with Gasteiger partial charge in [-0.1, -0.05) is 19.3 Å². The maximum Gasteiger partial charge on any atom is 0.327 e. The number of carbonyl (C=O) groups is 3. The number of imide groups is 1. The lowest BCUT2D eigenvalue weighted by atomic mass is 9.87. The monoisotopic (exact) mass is 347 g/mol. The quantitative estimate of drug-likeness (QED) is 0.721. The van der Waals surface area contributed by atoms with Crippen molar-refractivity contribution in [2.75, 3.05) is 19.6 Å². The lowest BCUT2D eigenvalue weighted by Crippen LogP contribution is -2.51. The largest absolute Gasteiger partial charge is 0.342 e. The molecule has 4 rings (SSSR count). The van der Waals surface area contributed by atoms with Crippen LogP contribution in [0.3, 0.4) is 0 Å². The molecule has 0 N–H and O–H groups in total. The Kier molecular flexibility index (Phi) is 4.24. The van der Waals surface area contributed by atoms with Crippen molar-refractivity contribution in [1.29, 1.82) is 0 Å². The first-order valence-electron chi connectivity index (χ1n) is 9.96. The van der Waals surface area contributed by atoms with Crippen LogP contribution in [0, 0.1) is 5.92 Å². The zero-order valence-corrected chi connectivity index (χ0v) is 15.2. The van der Waals surface area contributed by atoms with Crippen molar-refractivity contribution in [3.05, 3.63) is 0 Å². The van der Waals surface area contributed by atoms with E-state index in [1.165, 1.54) is 11.3 Å². The standard InChI is InChI=1S/C19H29N3O3/c1-19-10-5-11-21(19)18(25)22(17(19)24)15-8-12-20(13-9-15)16(23)14-6-3-2-4-7-14/h14-15H,2-13H2,1H3. The van der Waals surface area contributed by atoms with E-state index in [2.05, 4.69) is 0 Å².